The molecular formula is C16H26N2O3S. The zero-order valence-electron chi connectivity index (χ0n) is 13.1. The van der Waals surface area contributed by atoms with Crippen molar-refractivity contribution in [3.63, 3.8) is 0 Å². The van der Waals surface area contributed by atoms with Gasteiger partial charge in [-0.25, -0.2) is 4.79 Å². The number of urea groups is 1. The van der Waals surface area contributed by atoms with Gasteiger partial charge in [0, 0.05) is 11.4 Å². The number of carbonyl (C=O) groups is 1. The highest BCUT2D eigenvalue weighted by Crippen LogP contribution is 2.25. The normalized spacial score (nSPS) is 23.0. The smallest absolute Gasteiger partial charge is 0.314 e. The standard InChI is InChI=1S/C16H26N2O3S/c1-12-5-2-3-6-14(12)21-9-8-17-16(20)18-11-13(19)15-7-4-10-22-15/h4,7,10,12-14,19H,2-3,5-6,8-9,11H2,1H3,(H2,17,18,20)/t12-,13-,14-/m1/s1. The van der Waals surface area contributed by atoms with Crippen LogP contribution in [0.25, 0.3) is 0 Å². The van der Waals surface area contributed by atoms with E-state index in [0.29, 0.717) is 25.2 Å². The van der Waals surface area contributed by atoms with Crippen molar-refractivity contribution >= 4 is 17.4 Å². The third-order valence-corrected chi connectivity index (χ3v) is 5.05. The Morgan fingerprint density at radius 3 is 3.00 bits per heavy atom. The molecule has 0 aliphatic heterocycles. The molecule has 1 heterocycles. The molecule has 5 nitrogen and oxygen atoms in total. The SMILES string of the molecule is C[C@@H]1CCCC[C@H]1OCCNC(=O)NC[C@@H](O)c1cccs1. The van der Waals surface area contributed by atoms with Gasteiger partial charge >= 0.3 is 6.03 Å². The first-order valence-electron chi connectivity index (χ1n) is 8.01. The van der Waals surface area contributed by atoms with Crippen LogP contribution in [0.1, 0.15) is 43.6 Å². The number of rotatable bonds is 7. The zero-order valence-corrected chi connectivity index (χ0v) is 13.9. The van der Waals surface area contributed by atoms with Gasteiger partial charge in [0.05, 0.1) is 19.3 Å². The molecule has 1 aliphatic carbocycles. The van der Waals surface area contributed by atoms with Crippen molar-refractivity contribution in [2.75, 3.05) is 19.7 Å². The van der Waals surface area contributed by atoms with Gasteiger partial charge in [0.15, 0.2) is 0 Å². The third kappa shape index (κ3) is 5.59. The number of aliphatic hydroxyl groups is 1. The van der Waals surface area contributed by atoms with Crippen LogP contribution in [0.4, 0.5) is 4.79 Å². The minimum Gasteiger partial charge on any atom is -0.386 e. The Kier molecular flexibility index (Phi) is 7.15. The van der Waals surface area contributed by atoms with Crippen molar-refractivity contribution in [1.29, 1.82) is 0 Å². The Morgan fingerprint density at radius 2 is 2.27 bits per heavy atom. The number of nitrogens with one attached hydrogen (secondary N) is 2. The molecule has 0 saturated heterocycles. The fraction of sp³-hybridized carbons (Fsp3) is 0.688. The van der Waals surface area contributed by atoms with Crippen LogP contribution in [0, 0.1) is 5.92 Å². The number of ether oxygens (including phenoxy) is 1. The van der Waals surface area contributed by atoms with Gasteiger partial charge in [0.2, 0.25) is 0 Å². The lowest BCUT2D eigenvalue weighted by Gasteiger charge is -2.28. The Bertz CT molecular complexity index is 439. The molecule has 1 aromatic heterocycles. The van der Waals surface area contributed by atoms with Crippen LogP contribution in [-0.2, 0) is 4.74 Å². The molecule has 0 spiro atoms. The van der Waals surface area contributed by atoms with E-state index in [0.717, 1.165) is 11.3 Å². The quantitative estimate of drug-likeness (QED) is 0.675. The Labute approximate surface area is 136 Å². The maximum absolute atomic E-state index is 11.6. The summed E-state index contributed by atoms with van der Waals surface area (Å²) in [6, 6.07) is 3.47. The van der Waals surface area contributed by atoms with Crippen molar-refractivity contribution in [3.8, 4) is 0 Å². The number of amides is 2. The molecule has 3 N–H and O–H groups in total. The first-order chi connectivity index (χ1) is 10.7. The van der Waals surface area contributed by atoms with E-state index in [-0.39, 0.29) is 12.6 Å². The largest absolute Gasteiger partial charge is 0.386 e. The lowest BCUT2D eigenvalue weighted by molar-refractivity contribution is -0.00244. The van der Waals surface area contributed by atoms with Crippen LogP contribution in [0.15, 0.2) is 17.5 Å². The van der Waals surface area contributed by atoms with Crippen molar-refractivity contribution in [2.24, 2.45) is 5.92 Å². The van der Waals surface area contributed by atoms with Crippen molar-refractivity contribution in [2.45, 2.75) is 44.8 Å². The van der Waals surface area contributed by atoms with E-state index in [1.165, 1.54) is 30.6 Å². The summed E-state index contributed by atoms with van der Waals surface area (Å²) in [5.74, 6) is 0.614. The minimum atomic E-state index is -0.648. The topological polar surface area (TPSA) is 70.6 Å². The molecule has 3 atom stereocenters. The third-order valence-electron chi connectivity index (χ3n) is 4.08. The number of carbonyl (C=O) groups excluding carboxylic acids is 1. The van der Waals surface area contributed by atoms with E-state index in [4.69, 9.17) is 4.74 Å². The molecule has 124 valence electrons. The van der Waals surface area contributed by atoms with Gasteiger partial charge in [-0.05, 0) is 30.2 Å². The monoisotopic (exact) mass is 326 g/mol. The average molecular weight is 326 g/mol. The number of thiophene rings is 1. The summed E-state index contributed by atoms with van der Waals surface area (Å²) < 4.78 is 5.84. The second-order valence-corrected chi connectivity index (χ2v) is 6.82. The van der Waals surface area contributed by atoms with Crippen LogP contribution in [0.2, 0.25) is 0 Å². The predicted molar refractivity (Wildman–Crippen MR) is 88.1 cm³/mol. The summed E-state index contributed by atoms with van der Waals surface area (Å²) in [6.07, 6.45) is 4.58. The van der Waals surface area contributed by atoms with Gasteiger partial charge in [-0.1, -0.05) is 25.8 Å². The summed E-state index contributed by atoms with van der Waals surface area (Å²) in [6.45, 7) is 3.48. The van der Waals surface area contributed by atoms with Crippen LogP contribution < -0.4 is 10.6 Å². The molecule has 6 heteroatoms. The van der Waals surface area contributed by atoms with E-state index >= 15 is 0 Å². The van der Waals surface area contributed by atoms with Crippen molar-refractivity contribution < 1.29 is 14.6 Å². The molecule has 22 heavy (non-hydrogen) atoms. The first-order valence-corrected chi connectivity index (χ1v) is 8.89. The van der Waals surface area contributed by atoms with Crippen molar-refractivity contribution in [3.05, 3.63) is 22.4 Å². The summed E-state index contributed by atoms with van der Waals surface area (Å²) in [7, 11) is 0. The van der Waals surface area contributed by atoms with Gasteiger partial charge in [0.1, 0.15) is 6.10 Å². The molecule has 0 aromatic carbocycles. The van der Waals surface area contributed by atoms with E-state index in [2.05, 4.69) is 17.6 Å². The molecule has 2 rings (SSSR count). The maximum atomic E-state index is 11.6. The molecule has 1 fully saturated rings. The van der Waals surface area contributed by atoms with Crippen LogP contribution in [-0.4, -0.2) is 36.9 Å². The van der Waals surface area contributed by atoms with Gasteiger partial charge in [-0.15, -0.1) is 11.3 Å². The average Bonchev–Trinajstić information content (AvgIpc) is 3.05. The Balaban J connectivity index is 1.54. The fourth-order valence-electron chi connectivity index (χ4n) is 2.74. The van der Waals surface area contributed by atoms with Gasteiger partial charge in [-0.2, -0.15) is 0 Å². The molecule has 0 unspecified atom stereocenters. The molecular weight excluding hydrogens is 300 g/mol. The van der Waals surface area contributed by atoms with Gasteiger partial charge in [-0.3, -0.25) is 0 Å². The summed E-state index contributed by atoms with van der Waals surface area (Å²) in [5.41, 5.74) is 0. The van der Waals surface area contributed by atoms with E-state index in [1.54, 1.807) is 0 Å². The molecule has 1 saturated carbocycles. The first kappa shape index (κ1) is 17.2. The van der Waals surface area contributed by atoms with E-state index in [9.17, 15) is 9.90 Å². The molecule has 1 aliphatic rings. The molecule has 2 amide bonds. The van der Waals surface area contributed by atoms with E-state index in [1.807, 2.05) is 17.5 Å². The van der Waals surface area contributed by atoms with Crippen molar-refractivity contribution in [1.82, 2.24) is 10.6 Å². The second-order valence-electron chi connectivity index (χ2n) is 5.84. The van der Waals surface area contributed by atoms with E-state index < -0.39 is 6.10 Å². The highest BCUT2D eigenvalue weighted by molar-refractivity contribution is 7.10. The molecule has 1 aromatic rings. The van der Waals surface area contributed by atoms with Crippen LogP contribution >= 0.6 is 11.3 Å². The van der Waals surface area contributed by atoms with Gasteiger partial charge < -0.3 is 20.5 Å². The summed E-state index contributed by atoms with van der Waals surface area (Å²) >= 11 is 1.48. The lowest BCUT2D eigenvalue weighted by Crippen LogP contribution is -2.40. The minimum absolute atomic E-state index is 0.215. The second kappa shape index (κ2) is 9.12. The molecule has 0 bridgehead atoms. The van der Waals surface area contributed by atoms with Gasteiger partial charge in [0.25, 0.3) is 0 Å². The fourth-order valence-corrected chi connectivity index (χ4v) is 3.45. The van der Waals surface area contributed by atoms with Crippen LogP contribution in [0.3, 0.4) is 0 Å². The van der Waals surface area contributed by atoms with Crippen LogP contribution in [0.5, 0.6) is 0 Å². The summed E-state index contributed by atoms with van der Waals surface area (Å²) in [4.78, 5) is 12.5. The Morgan fingerprint density at radius 1 is 1.45 bits per heavy atom. The summed E-state index contributed by atoms with van der Waals surface area (Å²) in [5, 5.41) is 17.2. The highest BCUT2D eigenvalue weighted by atomic mass is 32.1. The zero-order chi connectivity index (χ0) is 15.8. The Hall–Kier alpha value is -1.11. The molecule has 0 radical (unpaired) electrons. The number of aliphatic hydroxyl groups excluding tert-OH is 1. The number of hydrogen-bond donors (Lipinski definition) is 3. The number of hydrogen-bond acceptors (Lipinski definition) is 4. The maximum Gasteiger partial charge on any atom is 0.314 e. The lowest BCUT2D eigenvalue weighted by atomic mass is 9.88. The highest BCUT2D eigenvalue weighted by Gasteiger charge is 2.21. The predicted octanol–water partition coefficient (Wildman–Crippen LogP) is 2.68.